The summed E-state index contributed by atoms with van der Waals surface area (Å²) < 4.78 is 11.5. The molecular formula is C30H45N3O5. The molecule has 1 aromatic carbocycles. The molecule has 0 saturated carbocycles. The molecule has 0 spiro atoms. The van der Waals surface area contributed by atoms with Gasteiger partial charge in [0.15, 0.2) is 0 Å². The number of nitrogens with zero attached hydrogens (tertiary/aromatic N) is 2. The third-order valence-electron chi connectivity index (χ3n) is 7.39. The average molecular weight is 528 g/mol. The molecule has 3 rings (SSSR count). The number of amides is 3. The Morgan fingerprint density at radius 3 is 2.21 bits per heavy atom. The number of hydrogen-bond donors (Lipinski definition) is 2. The van der Waals surface area contributed by atoms with Crippen LogP contribution in [-0.4, -0.2) is 58.4 Å². The van der Waals surface area contributed by atoms with E-state index in [1.807, 2.05) is 78.0 Å². The van der Waals surface area contributed by atoms with Crippen LogP contribution in [0.5, 0.6) is 0 Å². The summed E-state index contributed by atoms with van der Waals surface area (Å²) in [4.78, 5) is 29.1. The molecule has 1 aliphatic carbocycles. The summed E-state index contributed by atoms with van der Waals surface area (Å²) in [5.74, 6) is 1.03. The first-order valence-electron chi connectivity index (χ1n) is 13.4. The summed E-state index contributed by atoms with van der Waals surface area (Å²) in [6.07, 6.45) is 3.82. The summed E-state index contributed by atoms with van der Waals surface area (Å²) in [6, 6.07) is 9.12. The Labute approximate surface area is 227 Å². The van der Waals surface area contributed by atoms with Gasteiger partial charge in [0.1, 0.15) is 16.9 Å². The zero-order valence-corrected chi connectivity index (χ0v) is 24.0. The van der Waals surface area contributed by atoms with Crippen molar-refractivity contribution in [3.05, 3.63) is 59.1 Å². The van der Waals surface area contributed by atoms with Gasteiger partial charge in [0.05, 0.1) is 12.9 Å². The third kappa shape index (κ3) is 6.83. The van der Waals surface area contributed by atoms with Crippen molar-refractivity contribution in [1.82, 2.24) is 9.80 Å². The van der Waals surface area contributed by atoms with E-state index >= 15 is 0 Å². The molecule has 1 heterocycles. The minimum atomic E-state index is -0.964. The number of hydrogen-bond acceptors (Lipinski definition) is 5. The molecule has 2 aliphatic rings. The van der Waals surface area contributed by atoms with E-state index in [0.29, 0.717) is 25.3 Å². The number of likely N-dealkylation sites (tertiary alicyclic amines) is 1. The predicted octanol–water partition coefficient (Wildman–Crippen LogP) is 6.14. The number of methoxy groups -OCH3 is 1. The average Bonchev–Trinajstić information content (AvgIpc) is 2.81. The van der Waals surface area contributed by atoms with Gasteiger partial charge in [-0.1, -0.05) is 51.1 Å². The van der Waals surface area contributed by atoms with Crippen LogP contribution in [0.1, 0.15) is 72.8 Å². The van der Waals surface area contributed by atoms with Gasteiger partial charge < -0.3 is 30.1 Å². The molecule has 8 nitrogen and oxygen atoms in total. The fraction of sp³-hybridized carbons (Fsp3) is 0.600. The number of primary amides is 1. The quantitative estimate of drug-likeness (QED) is 0.463. The molecule has 0 aromatic heterocycles. The highest BCUT2D eigenvalue weighted by molar-refractivity contribution is 5.74. The SMILES string of the molecule is COC1=CC(C(C)(C)C)=C(O)CC1(CC1CCN(C(=O)OC(C)(C)C)CC1)N(Cc1ccccc1)C(N)=O. The molecule has 3 N–H and O–H groups in total. The number of piperidine rings is 1. The second kappa shape index (κ2) is 11.3. The predicted molar refractivity (Wildman–Crippen MR) is 148 cm³/mol. The van der Waals surface area contributed by atoms with Crippen LogP contribution in [0.25, 0.3) is 0 Å². The van der Waals surface area contributed by atoms with Crippen molar-refractivity contribution in [2.75, 3.05) is 20.2 Å². The van der Waals surface area contributed by atoms with Crippen molar-refractivity contribution in [2.24, 2.45) is 17.1 Å². The highest BCUT2D eigenvalue weighted by Gasteiger charge is 2.49. The monoisotopic (exact) mass is 527 g/mol. The fourth-order valence-corrected chi connectivity index (χ4v) is 5.55. The highest BCUT2D eigenvalue weighted by atomic mass is 16.6. The van der Waals surface area contributed by atoms with E-state index in [1.54, 1.807) is 16.9 Å². The molecule has 0 radical (unpaired) electrons. The van der Waals surface area contributed by atoms with E-state index in [-0.39, 0.29) is 36.2 Å². The maximum atomic E-state index is 13.1. The molecule has 1 fully saturated rings. The summed E-state index contributed by atoms with van der Waals surface area (Å²) in [5, 5.41) is 11.3. The van der Waals surface area contributed by atoms with Gasteiger partial charge in [-0.2, -0.15) is 0 Å². The fourth-order valence-electron chi connectivity index (χ4n) is 5.55. The van der Waals surface area contributed by atoms with Crippen molar-refractivity contribution in [3.63, 3.8) is 0 Å². The number of nitrogens with two attached hydrogens (primary N) is 1. The Morgan fingerprint density at radius 1 is 1.11 bits per heavy atom. The molecule has 1 aliphatic heterocycles. The molecule has 1 atom stereocenters. The van der Waals surface area contributed by atoms with Crippen molar-refractivity contribution in [2.45, 2.75) is 84.9 Å². The van der Waals surface area contributed by atoms with Gasteiger partial charge >= 0.3 is 12.1 Å². The van der Waals surface area contributed by atoms with Crippen molar-refractivity contribution in [1.29, 1.82) is 0 Å². The lowest BCUT2D eigenvalue weighted by Crippen LogP contribution is -2.57. The highest BCUT2D eigenvalue weighted by Crippen LogP contribution is 2.47. The van der Waals surface area contributed by atoms with Crippen LogP contribution in [0.15, 0.2) is 53.5 Å². The van der Waals surface area contributed by atoms with Crippen LogP contribution >= 0.6 is 0 Å². The van der Waals surface area contributed by atoms with Crippen LogP contribution < -0.4 is 5.73 Å². The topological polar surface area (TPSA) is 105 Å². The lowest BCUT2D eigenvalue weighted by molar-refractivity contribution is 0.0120. The van der Waals surface area contributed by atoms with Crippen LogP contribution in [0.3, 0.4) is 0 Å². The van der Waals surface area contributed by atoms with Crippen LogP contribution in [0, 0.1) is 11.3 Å². The number of carbonyl (C=O) groups is 2. The minimum Gasteiger partial charge on any atom is -0.512 e. The van der Waals surface area contributed by atoms with Gasteiger partial charge in [-0.05, 0) is 68.6 Å². The Balaban J connectivity index is 1.95. The van der Waals surface area contributed by atoms with Crippen LogP contribution in [-0.2, 0) is 16.0 Å². The Bertz CT molecular complexity index is 1060. The van der Waals surface area contributed by atoms with E-state index in [9.17, 15) is 14.7 Å². The number of aliphatic hydroxyl groups excluding tert-OH is 1. The number of allylic oxidation sites excluding steroid dienone is 2. The molecule has 1 aromatic rings. The molecule has 0 bridgehead atoms. The van der Waals surface area contributed by atoms with Gasteiger partial charge in [-0.25, -0.2) is 9.59 Å². The molecular weight excluding hydrogens is 482 g/mol. The number of rotatable bonds is 6. The molecule has 1 unspecified atom stereocenters. The maximum absolute atomic E-state index is 13.1. The molecule has 3 amide bonds. The van der Waals surface area contributed by atoms with E-state index < -0.39 is 17.2 Å². The zero-order valence-electron chi connectivity index (χ0n) is 24.0. The standard InChI is InChI=1S/C30H45N3O5/c1-28(2,3)23-17-25(37-7)30(19-24(23)34,33(26(31)35)20-22-11-9-8-10-12-22)18-21-13-15-32(16-14-21)27(36)38-29(4,5)6/h8-12,17,21,34H,13-16,18-20H2,1-7H3,(H2,31,35). The Morgan fingerprint density at radius 2 is 1.71 bits per heavy atom. The largest absolute Gasteiger partial charge is 0.512 e. The first-order valence-corrected chi connectivity index (χ1v) is 13.4. The molecule has 8 heteroatoms. The molecule has 210 valence electrons. The molecule has 38 heavy (non-hydrogen) atoms. The first kappa shape index (κ1) is 29.4. The van der Waals surface area contributed by atoms with E-state index in [0.717, 1.165) is 24.0 Å². The van der Waals surface area contributed by atoms with Crippen molar-refractivity contribution >= 4 is 12.1 Å². The maximum Gasteiger partial charge on any atom is 0.410 e. The first-order chi connectivity index (χ1) is 17.7. The summed E-state index contributed by atoms with van der Waals surface area (Å²) in [6.45, 7) is 13.1. The van der Waals surface area contributed by atoms with Gasteiger partial charge in [-0.15, -0.1) is 0 Å². The van der Waals surface area contributed by atoms with Crippen molar-refractivity contribution < 1.29 is 24.2 Å². The number of carbonyl (C=O) groups excluding carboxylic acids is 2. The van der Waals surface area contributed by atoms with Gasteiger partial charge in [0.2, 0.25) is 0 Å². The number of ether oxygens (including phenoxy) is 2. The smallest absolute Gasteiger partial charge is 0.410 e. The minimum absolute atomic E-state index is 0.175. The lowest BCUT2D eigenvalue weighted by Gasteiger charge is -2.48. The second-order valence-electron chi connectivity index (χ2n) is 12.6. The van der Waals surface area contributed by atoms with E-state index in [1.165, 1.54) is 0 Å². The lowest BCUT2D eigenvalue weighted by atomic mass is 9.71. The van der Waals surface area contributed by atoms with Crippen LogP contribution in [0.2, 0.25) is 0 Å². The summed E-state index contributed by atoms with van der Waals surface area (Å²) >= 11 is 0. The number of urea groups is 1. The normalized spacial score (nSPS) is 21.1. The van der Waals surface area contributed by atoms with Gasteiger partial charge in [0, 0.05) is 26.1 Å². The Kier molecular flexibility index (Phi) is 8.74. The van der Waals surface area contributed by atoms with E-state index in [2.05, 4.69) is 0 Å². The third-order valence-corrected chi connectivity index (χ3v) is 7.39. The Hall–Kier alpha value is -3.16. The van der Waals surface area contributed by atoms with Gasteiger partial charge in [0.25, 0.3) is 0 Å². The second-order valence-corrected chi connectivity index (χ2v) is 12.6. The van der Waals surface area contributed by atoms with Crippen LogP contribution in [0.4, 0.5) is 9.59 Å². The number of benzene rings is 1. The van der Waals surface area contributed by atoms with E-state index in [4.69, 9.17) is 15.2 Å². The van der Waals surface area contributed by atoms with Gasteiger partial charge in [-0.3, -0.25) is 0 Å². The van der Waals surface area contributed by atoms with Crippen molar-refractivity contribution in [3.8, 4) is 0 Å². The zero-order chi connectivity index (χ0) is 28.3. The summed E-state index contributed by atoms with van der Waals surface area (Å²) in [5.41, 5.74) is 5.94. The molecule has 1 saturated heterocycles. The number of aliphatic hydroxyl groups is 1. The summed E-state index contributed by atoms with van der Waals surface area (Å²) in [7, 11) is 1.61.